The highest BCUT2D eigenvalue weighted by atomic mass is 79.9. The zero-order chi connectivity index (χ0) is 20.4. The van der Waals surface area contributed by atoms with Gasteiger partial charge in [0, 0.05) is 21.5 Å². The van der Waals surface area contributed by atoms with E-state index in [1.54, 1.807) is 6.92 Å². The second-order valence-corrected chi connectivity index (χ2v) is 9.12. The van der Waals surface area contributed by atoms with Crippen LogP contribution in [0.5, 0.6) is 0 Å². The van der Waals surface area contributed by atoms with Crippen molar-refractivity contribution in [2.24, 2.45) is 0 Å². The van der Waals surface area contributed by atoms with E-state index in [-0.39, 0.29) is 11.9 Å². The Morgan fingerprint density at radius 3 is 2.55 bits per heavy atom. The van der Waals surface area contributed by atoms with Crippen molar-refractivity contribution < 1.29 is 9.59 Å². The Morgan fingerprint density at radius 1 is 1.10 bits per heavy atom. The molecule has 6 nitrogen and oxygen atoms in total. The van der Waals surface area contributed by atoms with Crippen LogP contribution in [0.1, 0.15) is 19.8 Å². The molecule has 29 heavy (non-hydrogen) atoms. The van der Waals surface area contributed by atoms with E-state index in [2.05, 4.69) is 31.5 Å². The van der Waals surface area contributed by atoms with Crippen molar-refractivity contribution >= 4 is 50.5 Å². The van der Waals surface area contributed by atoms with Crippen LogP contribution >= 0.6 is 27.7 Å². The van der Waals surface area contributed by atoms with E-state index >= 15 is 0 Å². The van der Waals surface area contributed by atoms with E-state index in [1.165, 1.54) is 11.8 Å². The van der Waals surface area contributed by atoms with Gasteiger partial charge in [-0.05, 0) is 38.0 Å². The minimum atomic E-state index is -0.490. The Hall–Kier alpha value is -2.45. The molecule has 0 spiro atoms. The summed E-state index contributed by atoms with van der Waals surface area (Å²) in [6.07, 6.45) is 1.94. The van der Waals surface area contributed by atoms with Crippen LogP contribution in [0.3, 0.4) is 0 Å². The minimum Gasteiger partial charge on any atom is -0.335 e. The second-order valence-electron chi connectivity index (χ2n) is 6.87. The monoisotopic (exact) mass is 470 g/mol. The van der Waals surface area contributed by atoms with E-state index < -0.39 is 11.3 Å². The lowest BCUT2D eigenvalue weighted by Crippen LogP contribution is -2.43. The third-order valence-corrected chi connectivity index (χ3v) is 6.11. The molecule has 4 rings (SSSR count). The number of urea groups is 1. The lowest BCUT2D eigenvalue weighted by molar-refractivity contribution is -0.119. The molecule has 0 aliphatic heterocycles. The summed E-state index contributed by atoms with van der Waals surface area (Å²) < 4.78 is 0.978. The van der Waals surface area contributed by atoms with Gasteiger partial charge in [-0.15, -0.1) is 0 Å². The number of hydrogen-bond donors (Lipinski definition) is 2. The summed E-state index contributed by atoms with van der Waals surface area (Å²) in [4.78, 5) is 33.7. The molecule has 1 fully saturated rings. The fourth-order valence-corrected chi connectivity index (χ4v) is 3.95. The van der Waals surface area contributed by atoms with Crippen LogP contribution in [0.2, 0.25) is 0 Å². The molecule has 0 saturated heterocycles. The first-order valence-electron chi connectivity index (χ1n) is 9.30. The highest BCUT2D eigenvalue weighted by Crippen LogP contribution is 2.31. The molecule has 2 N–H and O–H groups in total. The fourth-order valence-electron chi connectivity index (χ4n) is 2.75. The number of fused-ring (bicyclic) bond motifs is 1. The number of halogens is 1. The number of imide groups is 1. The van der Waals surface area contributed by atoms with E-state index in [0.29, 0.717) is 10.9 Å². The average molecular weight is 471 g/mol. The Balaban J connectivity index is 1.58. The Labute approximate surface area is 181 Å². The zero-order valence-corrected chi connectivity index (χ0v) is 18.1. The molecule has 1 aliphatic rings. The first-order valence-corrected chi connectivity index (χ1v) is 11.0. The molecular formula is C21H19BrN4O2S. The SMILES string of the molecule is CC(Sc1nc(-c2ccc(Br)cc2)nc2ccccc12)C(=O)NC(=O)NC1CC1. The molecule has 3 amide bonds. The molecule has 1 saturated carbocycles. The van der Waals surface area contributed by atoms with Crippen LogP contribution in [0.4, 0.5) is 4.79 Å². The zero-order valence-electron chi connectivity index (χ0n) is 15.7. The topological polar surface area (TPSA) is 84.0 Å². The summed E-state index contributed by atoms with van der Waals surface area (Å²) in [6, 6.07) is 15.2. The standard InChI is InChI=1S/C21H19BrN4O2S/c1-12(19(27)26-21(28)23-15-10-11-15)29-20-16-4-2-3-5-17(16)24-18(25-20)13-6-8-14(22)9-7-13/h2-9,12,15H,10-11H2,1H3,(H2,23,26,27,28). The number of amides is 3. The van der Waals surface area contributed by atoms with Gasteiger partial charge >= 0.3 is 6.03 Å². The fraction of sp³-hybridized carbons (Fsp3) is 0.238. The number of thioether (sulfide) groups is 1. The number of carbonyl (C=O) groups excluding carboxylic acids is 2. The van der Waals surface area contributed by atoms with Crippen LogP contribution < -0.4 is 10.6 Å². The number of benzene rings is 2. The van der Waals surface area contributed by atoms with Gasteiger partial charge in [-0.2, -0.15) is 0 Å². The number of aromatic nitrogens is 2. The molecule has 0 bridgehead atoms. The van der Waals surface area contributed by atoms with Gasteiger partial charge in [0.1, 0.15) is 5.03 Å². The number of nitrogens with one attached hydrogen (secondary N) is 2. The summed E-state index contributed by atoms with van der Waals surface area (Å²) in [5, 5.41) is 6.26. The van der Waals surface area contributed by atoms with Crippen LogP contribution in [-0.2, 0) is 4.79 Å². The molecule has 2 aromatic carbocycles. The highest BCUT2D eigenvalue weighted by molar-refractivity contribution is 9.10. The van der Waals surface area contributed by atoms with Gasteiger partial charge in [-0.1, -0.05) is 58.0 Å². The van der Waals surface area contributed by atoms with Gasteiger partial charge in [0.25, 0.3) is 0 Å². The second kappa shape index (κ2) is 8.51. The van der Waals surface area contributed by atoms with Crippen LogP contribution in [0.25, 0.3) is 22.3 Å². The van der Waals surface area contributed by atoms with Gasteiger partial charge in [0.05, 0.1) is 10.8 Å². The molecule has 1 atom stereocenters. The van der Waals surface area contributed by atoms with Crippen molar-refractivity contribution in [3.8, 4) is 11.4 Å². The number of rotatable bonds is 5. The molecule has 0 radical (unpaired) electrons. The predicted octanol–water partition coefficient (Wildman–Crippen LogP) is 4.53. The van der Waals surface area contributed by atoms with Gasteiger partial charge in [0.2, 0.25) is 5.91 Å². The molecule has 1 aromatic heterocycles. The largest absolute Gasteiger partial charge is 0.335 e. The van der Waals surface area contributed by atoms with Gasteiger partial charge in [-0.25, -0.2) is 14.8 Å². The maximum atomic E-state index is 12.4. The van der Waals surface area contributed by atoms with Crippen molar-refractivity contribution in [3.05, 3.63) is 53.0 Å². The number of hydrogen-bond acceptors (Lipinski definition) is 5. The first kappa shape index (κ1) is 19.8. The summed E-state index contributed by atoms with van der Waals surface area (Å²) in [7, 11) is 0. The quantitative estimate of drug-likeness (QED) is 0.422. The number of nitrogens with zero attached hydrogens (tertiary/aromatic N) is 2. The molecule has 148 valence electrons. The Bertz CT molecular complexity index is 1070. The van der Waals surface area contributed by atoms with Crippen molar-refractivity contribution in [3.63, 3.8) is 0 Å². The smallest absolute Gasteiger partial charge is 0.321 e. The van der Waals surface area contributed by atoms with Gasteiger partial charge in [0.15, 0.2) is 5.82 Å². The summed E-state index contributed by atoms with van der Waals surface area (Å²) >= 11 is 4.75. The predicted molar refractivity (Wildman–Crippen MR) is 118 cm³/mol. The van der Waals surface area contributed by atoms with E-state index in [9.17, 15) is 9.59 Å². The summed E-state index contributed by atoms with van der Waals surface area (Å²) in [5.74, 6) is 0.249. The summed E-state index contributed by atoms with van der Waals surface area (Å²) in [5.41, 5.74) is 1.70. The van der Waals surface area contributed by atoms with Crippen molar-refractivity contribution in [2.75, 3.05) is 0 Å². The minimum absolute atomic E-state index is 0.199. The summed E-state index contributed by atoms with van der Waals surface area (Å²) in [6.45, 7) is 1.76. The molecule has 8 heteroatoms. The van der Waals surface area contributed by atoms with E-state index in [4.69, 9.17) is 4.98 Å². The van der Waals surface area contributed by atoms with Crippen molar-refractivity contribution in [1.29, 1.82) is 0 Å². The number of para-hydroxylation sites is 1. The molecule has 1 heterocycles. The van der Waals surface area contributed by atoms with Crippen molar-refractivity contribution in [1.82, 2.24) is 20.6 Å². The van der Waals surface area contributed by atoms with Gasteiger partial charge in [-0.3, -0.25) is 10.1 Å². The Morgan fingerprint density at radius 2 is 1.83 bits per heavy atom. The normalized spacial score (nSPS) is 14.4. The van der Waals surface area contributed by atoms with Crippen molar-refractivity contribution in [2.45, 2.75) is 36.1 Å². The average Bonchev–Trinajstić information content (AvgIpc) is 3.52. The third-order valence-electron chi connectivity index (χ3n) is 4.48. The third kappa shape index (κ3) is 4.94. The molecule has 1 aliphatic carbocycles. The molecular weight excluding hydrogens is 452 g/mol. The lowest BCUT2D eigenvalue weighted by Gasteiger charge is -2.13. The number of carbonyl (C=O) groups is 2. The highest BCUT2D eigenvalue weighted by Gasteiger charge is 2.25. The van der Waals surface area contributed by atoms with E-state index in [0.717, 1.165) is 33.8 Å². The molecule has 3 aromatic rings. The van der Waals surface area contributed by atoms with E-state index in [1.807, 2.05) is 48.5 Å². The van der Waals surface area contributed by atoms with Crippen LogP contribution in [0, 0.1) is 0 Å². The van der Waals surface area contributed by atoms with Crippen LogP contribution in [-0.4, -0.2) is 33.2 Å². The Kier molecular flexibility index (Phi) is 5.82. The first-order chi connectivity index (χ1) is 14.0. The van der Waals surface area contributed by atoms with Gasteiger partial charge < -0.3 is 5.32 Å². The maximum absolute atomic E-state index is 12.4. The lowest BCUT2D eigenvalue weighted by atomic mass is 10.2. The van der Waals surface area contributed by atoms with Crippen LogP contribution in [0.15, 0.2) is 58.0 Å². The molecule has 1 unspecified atom stereocenters. The maximum Gasteiger partial charge on any atom is 0.321 e.